The summed E-state index contributed by atoms with van der Waals surface area (Å²) in [6, 6.07) is 5.95. The number of rotatable bonds is 6. The first-order valence-electron chi connectivity index (χ1n) is 10.1. The number of carbonyl (C=O) groups excluding carboxylic acids is 2. The van der Waals surface area contributed by atoms with Crippen LogP contribution in [0.15, 0.2) is 23.6 Å². The third-order valence-electron chi connectivity index (χ3n) is 5.41. The van der Waals surface area contributed by atoms with E-state index in [1.165, 1.54) is 5.56 Å². The summed E-state index contributed by atoms with van der Waals surface area (Å²) in [4.78, 5) is 31.0. The molecular formula is C22H29N3O2S. The van der Waals surface area contributed by atoms with Crippen molar-refractivity contribution in [1.29, 1.82) is 0 Å². The average molecular weight is 400 g/mol. The van der Waals surface area contributed by atoms with Crippen LogP contribution in [0.4, 0.5) is 0 Å². The second-order valence-electron chi connectivity index (χ2n) is 7.52. The molecule has 2 aromatic rings. The van der Waals surface area contributed by atoms with E-state index < -0.39 is 0 Å². The number of aryl methyl sites for hydroxylation is 2. The maximum absolute atomic E-state index is 12.9. The van der Waals surface area contributed by atoms with Crippen molar-refractivity contribution >= 4 is 23.2 Å². The number of hydrogen-bond acceptors (Lipinski definition) is 4. The molecule has 0 aliphatic carbocycles. The van der Waals surface area contributed by atoms with Crippen LogP contribution in [0.5, 0.6) is 0 Å². The SMILES string of the molecule is CCC(=O)NCCc1csc([C@H]2CCCN(C(=O)c3ccc(C)c(C)c3)C2)n1. The zero-order valence-electron chi connectivity index (χ0n) is 17.0. The minimum Gasteiger partial charge on any atom is -0.356 e. The number of carbonyl (C=O) groups is 2. The zero-order valence-corrected chi connectivity index (χ0v) is 17.8. The van der Waals surface area contributed by atoms with Crippen molar-refractivity contribution < 1.29 is 9.59 Å². The van der Waals surface area contributed by atoms with Gasteiger partial charge >= 0.3 is 0 Å². The van der Waals surface area contributed by atoms with Gasteiger partial charge in [0.05, 0.1) is 10.7 Å². The van der Waals surface area contributed by atoms with Crippen molar-refractivity contribution in [3.63, 3.8) is 0 Å². The molecule has 0 radical (unpaired) electrons. The monoisotopic (exact) mass is 399 g/mol. The molecule has 3 rings (SSSR count). The molecule has 1 saturated heterocycles. The summed E-state index contributed by atoms with van der Waals surface area (Å²) in [6.07, 6.45) is 3.33. The average Bonchev–Trinajstić information content (AvgIpc) is 3.18. The Bertz CT molecular complexity index is 846. The van der Waals surface area contributed by atoms with Gasteiger partial charge in [-0.3, -0.25) is 9.59 Å². The van der Waals surface area contributed by atoms with Crippen molar-refractivity contribution in [2.24, 2.45) is 0 Å². The fourth-order valence-corrected chi connectivity index (χ4v) is 4.48. The third-order valence-corrected chi connectivity index (χ3v) is 6.46. The van der Waals surface area contributed by atoms with Gasteiger partial charge in [-0.25, -0.2) is 4.98 Å². The van der Waals surface area contributed by atoms with Crippen LogP contribution in [-0.4, -0.2) is 41.3 Å². The second kappa shape index (κ2) is 9.32. The van der Waals surface area contributed by atoms with Crippen LogP contribution in [0.2, 0.25) is 0 Å². The van der Waals surface area contributed by atoms with E-state index in [4.69, 9.17) is 4.98 Å². The summed E-state index contributed by atoms with van der Waals surface area (Å²) in [5.74, 6) is 0.489. The van der Waals surface area contributed by atoms with Gasteiger partial charge in [0.2, 0.25) is 5.91 Å². The highest BCUT2D eigenvalue weighted by Crippen LogP contribution is 2.30. The summed E-state index contributed by atoms with van der Waals surface area (Å²) in [7, 11) is 0. The third kappa shape index (κ3) is 4.98. The van der Waals surface area contributed by atoms with Gasteiger partial charge in [0.15, 0.2) is 0 Å². The fourth-order valence-electron chi connectivity index (χ4n) is 3.50. The van der Waals surface area contributed by atoms with Crippen molar-refractivity contribution in [2.75, 3.05) is 19.6 Å². The van der Waals surface area contributed by atoms with E-state index in [0.717, 1.165) is 54.2 Å². The standard InChI is InChI=1S/C22H29N3O2S/c1-4-20(26)23-10-9-19-14-28-21(24-19)18-6-5-11-25(13-18)22(27)17-8-7-15(2)16(3)12-17/h7-8,12,14,18H,4-6,9-11,13H2,1-3H3,(H,23,26)/t18-/m0/s1. The van der Waals surface area contributed by atoms with Crippen LogP contribution in [0.25, 0.3) is 0 Å². The number of benzene rings is 1. The molecule has 0 spiro atoms. The fraction of sp³-hybridized carbons (Fsp3) is 0.500. The molecule has 6 heteroatoms. The van der Waals surface area contributed by atoms with Gasteiger partial charge in [0.25, 0.3) is 5.91 Å². The molecule has 28 heavy (non-hydrogen) atoms. The number of nitrogens with zero attached hydrogens (tertiary/aromatic N) is 2. The Morgan fingerprint density at radius 1 is 1.29 bits per heavy atom. The van der Waals surface area contributed by atoms with E-state index in [9.17, 15) is 9.59 Å². The van der Waals surface area contributed by atoms with Gasteiger partial charge in [-0.15, -0.1) is 11.3 Å². The minimum absolute atomic E-state index is 0.0724. The number of hydrogen-bond donors (Lipinski definition) is 1. The maximum Gasteiger partial charge on any atom is 0.253 e. The molecule has 1 N–H and O–H groups in total. The molecule has 5 nitrogen and oxygen atoms in total. The Kier molecular flexibility index (Phi) is 6.83. The molecule has 1 fully saturated rings. The van der Waals surface area contributed by atoms with Crippen LogP contribution >= 0.6 is 11.3 Å². The highest BCUT2D eigenvalue weighted by Gasteiger charge is 2.27. The van der Waals surface area contributed by atoms with E-state index >= 15 is 0 Å². The van der Waals surface area contributed by atoms with E-state index in [2.05, 4.69) is 17.6 Å². The van der Waals surface area contributed by atoms with Crippen LogP contribution in [0.1, 0.15) is 64.3 Å². The van der Waals surface area contributed by atoms with Crippen LogP contribution in [-0.2, 0) is 11.2 Å². The van der Waals surface area contributed by atoms with E-state index in [0.29, 0.717) is 18.9 Å². The smallest absolute Gasteiger partial charge is 0.253 e. The van der Waals surface area contributed by atoms with E-state index in [-0.39, 0.29) is 11.8 Å². The number of thiazole rings is 1. The number of piperidine rings is 1. The second-order valence-corrected chi connectivity index (χ2v) is 8.41. The lowest BCUT2D eigenvalue weighted by molar-refractivity contribution is -0.120. The summed E-state index contributed by atoms with van der Waals surface area (Å²) >= 11 is 1.67. The summed E-state index contributed by atoms with van der Waals surface area (Å²) in [5.41, 5.74) is 4.15. The van der Waals surface area contributed by atoms with Crippen LogP contribution < -0.4 is 5.32 Å². The first-order chi connectivity index (χ1) is 13.5. The molecule has 150 valence electrons. The van der Waals surface area contributed by atoms with Gasteiger partial charge in [0, 0.05) is 49.3 Å². The molecule has 2 heterocycles. The lowest BCUT2D eigenvalue weighted by Gasteiger charge is -2.32. The Hall–Kier alpha value is -2.21. The minimum atomic E-state index is 0.0724. The number of aromatic nitrogens is 1. The topological polar surface area (TPSA) is 62.3 Å². The van der Waals surface area contributed by atoms with E-state index in [1.54, 1.807) is 11.3 Å². The van der Waals surface area contributed by atoms with Crippen molar-refractivity contribution in [1.82, 2.24) is 15.2 Å². The summed E-state index contributed by atoms with van der Waals surface area (Å²) < 4.78 is 0. The Balaban J connectivity index is 1.61. The quantitative estimate of drug-likeness (QED) is 0.803. The van der Waals surface area contributed by atoms with Crippen LogP contribution in [0.3, 0.4) is 0 Å². The van der Waals surface area contributed by atoms with E-state index in [1.807, 2.05) is 36.9 Å². The molecule has 1 atom stereocenters. The predicted molar refractivity (Wildman–Crippen MR) is 113 cm³/mol. The van der Waals surface area contributed by atoms with Crippen molar-refractivity contribution in [3.05, 3.63) is 51.0 Å². The summed E-state index contributed by atoms with van der Waals surface area (Å²) in [5, 5.41) is 6.08. The van der Waals surface area contributed by atoms with Crippen molar-refractivity contribution in [3.8, 4) is 0 Å². The predicted octanol–water partition coefficient (Wildman–Crippen LogP) is 3.85. The van der Waals surface area contributed by atoms with Gasteiger partial charge in [-0.1, -0.05) is 13.0 Å². The van der Waals surface area contributed by atoms with Gasteiger partial charge in [-0.2, -0.15) is 0 Å². The lowest BCUT2D eigenvalue weighted by atomic mass is 9.97. The Morgan fingerprint density at radius 2 is 2.11 bits per heavy atom. The molecular weight excluding hydrogens is 370 g/mol. The van der Waals surface area contributed by atoms with Gasteiger partial charge in [0.1, 0.15) is 0 Å². The normalized spacial score (nSPS) is 16.8. The molecule has 1 aromatic heterocycles. The first-order valence-corrected chi connectivity index (χ1v) is 10.9. The van der Waals surface area contributed by atoms with Gasteiger partial charge in [-0.05, 0) is 49.9 Å². The Morgan fingerprint density at radius 3 is 2.86 bits per heavy atom. The zero-order chi connectivity index (χ0) is 20.1. The maximum atomic E-state index is 12.9. The number of likely N-dealkylation sites (tertiary alicyclic amines) is 1. The highest BCUT2D eigenvalue weighted by atomic mass is 32.1. The van der Waals surface area contributed by atoms with Crippen LogP contribution in [0, 0.1) is 13.8 Å². The molecule has 2 amide bonds. The first kappa shape index (κ1) is 20.5. The Labute approximate surface area is 171 Å². The molecule has 0 bridgehead atoms. The largest absolute Gasteiger partial charge is 0.356 e. The number of nitrogens with one attached hydrogen (secondary N) is 1. The molecule has 1 aromatic carbocycles. The molecule has 1 aliphatic heterocycles. The highest BCUT2D eigenvalue weighted by molar-refractivity contribution is 7.09. The number of amides is 2. The van der Waals surface area contributed by atoms with Crippen molar-refractivity contribution in [2.45, 2.75) is 52.4 Å². The molecule has 0 unspecified atom stereocenters. The molecule has 1 aliphatic rings. The van der Waals surface area contributed by atoms with Gasteiger partial charge < -0.3 is 10.2 Å². The molecule has 0 saturated carbocycles. The lowest BCUT2D eigenvalue weighted by Crippen LogP contribution is -2.39. The summed E-state index contributed by atoms with van der Waals surface area (Å²) in [6.45, 7) is 8.12.